The van der Waals surface area contributed by atoms with E-state index in [1.54, 1.807) is 0 Å². The third kappa shape index (κ3) is 3.47. The molecule has 0 spiro atoms. The molecule has 1 aromatic carbocycles. The summed E-state index contributed by atoms with van der Waals surface area (Å²) in [5.74, 6) is 0. The largest absolute Gasteiger partial charge is 0.390 e. The van der Waals surface area contributed by atoms with Crippen molar-refractivity contribution in [1.82, 2.24) is 0 Å². The van der Waals surface area contributed by atoms with Crippen molar-refractivity contribution in [3.8, 4) is 0 Å². The molecular weight excluding hydrogens is 230 g/mol. The van der Waals surface area contributed by atoms with E-state index in [0.29, 0.717) is 0 Å². The normalized spacial score (nSPS) is 13.8. The predicted molar refractivity (Wildman–Crippen MR) is 70.2 cm³/mol. The van der Waals surface area contributed by atoms with Gasteiger partial charge in [-0.15, -0.1) is 0 Å². The maximum Gasteiger partial charge on any atom is 0.105 e. The number of nitrogens with zero attached hydrogens (tertiary/aromatic N) is 3. The second-order valence-electron chi connectivity index (χ2n) is 4.57. The van der Waals surface area contributed by atoms with Gasteiger partial charge in [-0.2, -0.15) is 0 Å². The van der Waals surface area contributed by atoms with Gasteiger partial charge in [-0.05, 0) is 49.4 Å². The summed E-state index contributed by atoms with van der Waals surface area (Å²) < 4.78 is 0. The van der Waals surface area contributed by atoms with Crippen LogP contribution in [0, 0.1) is 20.8 Å². The molecule has 0 aliphatic heterocycles. The Balaban J connectivity index is 2.89. The molecule has 5 nitrogen and oxygen atoms in total. The van der Waals surface area contributed by atoms with Gasteiger partial charge in [0.05, 0.1) is 6.10 Å². The van der Waals surface area contributed by atoms with Crippen LogP contribution in [0.5, 0.6) is 0 Å². The first-order chi connectivity index (χ1) is 8.47. The highest BCUT2D eigenvalue weighted by Crippen LogP contribution is 2.27. The van der Waals surface area contributed by atoms with E-state index in [1.807, 2.05) is 32.9 Å². The van der Waals surface area contributed by atoms with Crippen LogP contribution >= 0.6 is 0 Å². The lowest BCUT2D eigenvalue weighted by molar-refractivity contribution is 0.0143. The summed E-state index contributed by atoms with van der Waals surface area (Å²) in [5.41, 5.74) is 12.0. The third-order valence-corrected chi connectivity index (χ3v) is 2.99. The zero-order valence-corrected chi connectivity index (χ0v) is 11.0. The Morgan fingerprint density at radius 2 is 1.78 bits per heavy atom. The highest BCUT2D eigenvalue weighted by atomic mass is 16.3. The molecule has 5 heteroatoms. The SMILES string of the molecule is Cc1cc(C)c(C(O)C(O)CCN=[N+]=[N-])c(C)c1. The van der Waals surface area contributed by atoms with Crippen molar-refractivity contribution in [2.75, 3.05) is 6.54 Å². The Kier molecular flexibility index (Phi) is 5.16. The molecule has 0 aliphatic carbocycles. The molecule has 2 atom stereocenters. The summed E-state index contributed by atoms with van der Waals surface area (Å²) >= 11 is 0. The Hall–Kier alpha value is -1.55. The second-order valence-corrected chi connectivity index (χ2v) is 4.57. The Bertz CT molecular complexity index is 444. The number of rotatable bonds is 5. The lowest BCUT2D eigenvalue weighted by Crippen LogP contribution is -2.21. The molecule has 1 rings (SSSR count). The number of hydrogen-bond donors (Lipinski definition) is 2. The fourth-order valence-corrected chi connectivity index (χ4v) is 2.24. The molecule has 0 radical (unpaired) electrons. The van der Waals surface area contributed by atoms with E-state index < -0.39 is 12.2 Å². The molecular formula is C13H19N3O2. The van der Waals surface area contributed by atoms with Crippen molar-refractivity contribution in [2.24, 2.45) is 5.11 Å². The molecule has 18 heavy (non-hydrogen) atoms. The van der Waals surface area contributed by atoms with Gasteiger partial charge in [0.25, 0.3) is 0 Å². The highest BCUT2D eigenvalue weighted by Gasteiger charge is 2.21. The number of benzene rings is 1. The molecule has 0 saturated carbocycles. The van der Waals surface area contributed by atoms with Crippen LogP contribution in [0.1, 0.15) is 34.8 Å². The monoisotopic (exact) mass is 249 g/mol. The zero-order valence-electron chi connectivity index (χ0n) is 11.0. The van der Waals surface area contributed by atoms with Gasteiger partial charge < -0.3 is 10.2 Å². The minimum atomic E-state index is -0.945. The molecule has 2 unspecified atom stereocenters. The van der Waals surface area contributed by atoms with Crippen LogP contribution in [0.15, 0.2) is 17.2 Å². The maximum absolute atomic E-state index is 10.2. The predicted octanol–water partition coefficient (Wildman–Crippen LogP) is 2.71. The summed E-state index contributed by atoms with van der Waals surface area (Å²) in [5, 5.41) is 23.4. The fraction of sp³-hybridized carbons (Fsp3) is 0.538. The number of azide groups is 1. The summed E-state index contributed by atoms with van der Waals surface area (Å²) in [4.78, 5) is 2.62. The van der Waals surface area contributed by atoms with Gasteiger partial charge in [0.15, 0.2) is 0 Å². The summed E-state index contributed by atoms with van der Waals surface area (Å²) in [6, 6.07) is 3.96. The van der Waals surface area contributed by atoms with Crippen LogP contribution in [0.25, 0.3) is 10.4 Å². The first-order valence-corrected chi connectivity index (χ1v) is 5.92. The molecule has 0 amide bonds. The van der Waals surface area contributed by atoms with Gasteiger partial charge in [0, 0.05) is 11.5 Å². The molecule has 0 fully saturated rings. The summed E-state index contributed by atoms with van der Waals surface area (Å²) in [6.07, 6.45) is -1.62. The molecule has 98 valence electrons. The topological polar surface area (TPSA) is 89.2 Å². The molecule has 0 aromatic heterocycles. The number of aliphatic hydroxyl groups is 2. The van der Waals surface area contributed by atoms with Crippen molar-refractivity contribution in [2.45, 2.75) is 39.4 Å². The van der Waals surface area contributed by atoms with Crippen molar-refractivity contribution < 1.29 is 10.2 Å². The smallest absolute Gasteiger partial charge is 0.105 e. The Labute approximate surface area is 107 Å². The van der Waals surface area contributed by atoms with Crippen LogP contribution in [-0.4, -0.2) is 22.9 Å². The van der Waals surface area contributed by atoms with Crippen LogP contribution in [0.2, 0.25) is 0 Å². The van der Waals surface area contributed by atoms with Crippen LogP contribution in [0.3, 0.4) is 0 Å². The van der Waals surface area contributed by atoms with Gasteiger partial charge >= 0.3 is 0 Å². The van der Waals surface area contributed by atoms with Crippen molar-refractivity contribution in [3.63, 3.8) is 0 Å². The van der Waals surface area contributed by atoms with Crippen molar-refractivity contribution in [1.29, 1.82) is 0 Å². The van der Waals surface area contributed by atoms with Crippen LogP contribution in [-0.2, 0) is 0 Å². The zero-order chi connectivity index (χ0) is 13.7. The lowest BCUT2D eigenvalue weighted by atomic mass is 9.92. The second kappa shape index (κ2) is 6.40. The average molecular weight is 249 g/mol. The van der Waals surface area contributed by atoms with Gasteiger partial charge in [-0.1, -0.05) is 22.8 Å². The summed E-state index contributed by atoms with van der Waals surface area (Å²) in [6.45, 7) is 6.00. The van der Waals surface area contributed by atoms with Crippen molar-refractivity contribution >= 4 is 0 Å². The quantitative estimate of drug-likeness (QED) is 0.477. The van der Waals surface area contributed by atoms with Gasteiger partial charge in [0.1, 0.15) is 6.10 Å². The molecule has 0 aliphatic rings. The number of aryl methyl sites for hydroxylation is 3. The fourth-order valence-electron chi connectivity index (χ4n) is 2.24. The molecule has 0 bridgehead atoms. The van der Waals surface area contributed by atoms with Crippen LogP contribution < -0.4 is 0 Å². The van der Waals surface area contributed by atoms with E-state index in [-0.39, 0.29) is 13.0 Å². The van der Waals surface area contributed by atoms with E-state index in [1.165, 1.54) is 0 Å². The first-order valence-electron chi connectivity index (χ1n) is 5.92. The van der Waals surface area contributed by atoms with Gasteiger partial charge in [0.2, 0.25) is 0 Å². The van der Waals surface area contributed by atoms with E-state index in [4.69, 9.17) is 5.53 Å². The third-order valence-electron chi connectivity index (χ3n) is 2.99. The van der Waals surface area contributed by atoms with E-state index >= 15 is 0 Å². The average Bonchev–Trinajstić information content (AvgIpc) is 2.27. The standard InChI is InChI=1S/C13H19N3O2/c1-8-6-9(2)12(10(3)7-8)13(18)11(17)4-5-15-16-14/h6-7,11,13,17-18H,4-5H2,1-3H3. The number of aliphatic hydroxyl groups excluding tert-OH is 2. The van der Waals surface area contributed by atoms with E-state index in [2.05, 4.69) is 10.0 Å². The summed E-state index contributed by atoms with van der Waals surface area (Å²) in [7, 11) is 0. The van der Waals surface area contributed by atoms with Gasteiger partial charge in [-0.25, -0.2) is 0 Å². The maximum atomic E-state index is 10.2. The minimum absolute atomic E-state index is 0.179. The first kappa shape index (κ1) is 14.5. The van der Waals surface area contributed by atoms with E-state index in [9.17, 15) is 10.2 Å². The highest BCUT2D eigenvalue weighted by molar-refractivity contribution is 5.39. The van der Waals surface area contributed by atoms with Crippen molar-refractivity contribution in [3.05, 3.63) is 44.8 Å². The molecule has 1 aromatic rings. The Morgan fingerprint density at radius 1 is 1.22 bits per heavy atom. The van der Waals surface area contributed by atoms with Crippen LogP contribution in [0.4, 0.5) is 0 Å². The van der Waals surface area contributed by atoms with E-state index in [0.717, 1.165) is 22.3 Å². The molecule has 2 N–H and O–H groups in total. The minimum Gasteiger partial charge on any atom is -0.390 e. The lowest BCUT2D eigenvalue weighted by Gasteiger charge is -2.21. The van der Waals surface area contributed by atoms with Gasteiger partial charge in [-0.3, -0.25) is 0 Å². The number of hydrogen-bond acceptors (Lipinski definition) is 3. The Morgan fingerprint density at radius 3 is 2.28 bits per heavy atom. The molecule has 0 saturated heterocycles. The molecule has 0 heterocycles.